The summed E-state index contributed by atoms with van der Waals surface area (Å²) in [6.45, 7) is 11.4. The van der Waals surface area contributed by atoms with E-state index in [0.29, 0.717) is 37.2 Å². The molecule has 11 heteroatoms. The highest BCUT2D eigenvalue weighted by Crippen LogP contribution is 2.17. The van der Waals surface area contributed by atoms with Crippen molar-refractivity contribution in [2.24, 2.45) is 5.92 Å². The molecule has 0 saturated heterocycles. The minimum Gasteiger partial charge on any atom is -0.475 e. The molecule has 4 N–H and O–H groups in total. The number of aryl methyl sites for hydroxylation is 3. The van der Waals surface area contributed by atoms with E-state index in [1.807, 2.05) is 37.3 Å². The van der Waals surface area contributed by atoms with Gasteiger partial charge in [0.25, 0.3) is 0 Å². The monoisotopic (exact) mass is 559 g/mol. The summed E-state index contributed by atoms with van der Waals surface area (Å²) >= 11 is 0. The lowest BCUT2D eigenvalue weighted by Crippen LogP contribution is -2.40. The van der Waals surface area contributed by atoms with Crippen LogP contribution in [0.4, 0.5) is 24.9 Å². The average molecular weight is 560 g/mol. The molecule has 1 heterocycles. The van der Waals surface area contributed by atoms with E-state index in [4.69, 9.17) is 9.90 Å². The van der Waals surface area contributed by atoms with Crippen molar-refractivity contribution in [2.45, 2.75) is 66.3 Å². The molecule has 0 aliphatic carbocycles. The van der Waals surface area contributed by atoms with Crippen molar-refractivity contribution in [1.82, 2.24) is 15.3 Å². The van der Waals surface area contributed by atoms with Gasteiger partial charge in [-0.2, -0.15) is 18.2 Å². The largest absolute Gasteiger partial charge is 0.490 e. The number of carbonyl (C=O) groups excluding carboxylic acids is 1. The van der Waals surface area contributed by atoms with E-state index in [1.165, 1.54) is 16.7 Å². The van der Waals surface area contributed by atoms with E-state index in [2.05, 4.69) is 77.9 Å². The summed E-state index contributed by atoms with van der Waals surface area (Å²) in [6.07, 6.45) is -4.38. The summed E-state index contributed by atoms with van der Waals surface area (Å²) in [5.41, 5.74) is 5.54. The summed E-state index contributed by atoms with van der Waals surface area (Å²) in [5.74, 6) is -1.24. The van der Waals surface area contributed by atoms with Crippen molar-refractivity contribution < 1.29 is 27.9 Å². The van der Waals surface area contributed by atoms with E-state index in [9.17, 15) is 18.0 Å². The van der Waals surface area contributed by atoms with Gasteiger partial charge in [-0.25, -0.2) is 9.78 Å². The van der Waals surface area contributed by atoms with Gasteiger partial charge in [0.05, 0.1) is 0 Å². The molecule has 0 unspecified atom stereocenters. The van der Waals surface area contributed by atoms with Crippen LogP contribution < -0.4 is 16.0 Å². The topological polar surface area (TPSA) is 116 Å². The average Bonchev–Trinajstić information content (AvgIpc) is 2.86. The highest BCUT2D eigenvalue weighted by molar-refractivity contribution is 5.84. The number of carboxylic acid groups (broad SMARTS) is 1. The second kappa shape index (κ2) is 14.9. The normalized spacial score (nSPS) is 11.7. The summed E-state index contributed by atoms with van der Waals surface area (Å²) in [5, 5.41) is 16.8. The van der Waals surface area contributed by atoms with Crippen molar-refractivity contribution >= 4 is 23.6 Å². The fourth-order valence-corrected chi connectivity index (χ4v) is 3.60. The molecule has 0 fully saturated rings. The van der Waals surface area contributed by atoms with Crippen LogP contribution in [0.2, 0.25) is 0 Å². The molecule has 0 aliphatic heterocycles. The molecule has 1 amide bonds. The van der Waals surface area contributed by atoms with Crippen molar-refractivity contribution in [3.63, 3.8) is 0 Å². The molecule has 3 rings (SSSR count). The first kappa shape index (κ1) is 32.1. The molecule has 0 aliphatic rings. The molecule has 8 nitrogen and oxygen atoms in total. The zero-order chi connectivity index (χ0) is 29.9. The third-order valence-electron chi connectivity index (χ3n) is 5.73. The van der Waals surface area contributed by atoms with Crippen molar-refractivity contribution in [2.75, 3.05) is 10.6 Å². The number of halogens is 3. The Hall–Kier alpha value is -4.15. The van der Waals surface area contributed by atoms with E-state index < -0.39 is 12.1 Å². The van der Waals surface area contributed by atoms with Crippen LogP contribution in [-0.4, -0.2) is 39.2 Å². The van der Waals surface area contributed by atoms with Crippen LogP contribution in [0.1, 0.15) is 48.2 Å². The van der Waals surface area contributed by atoms with Gasteiger partial charge in [-0.15, -0.1) is 0 Å². The van der Waals surface area contributed by atoms with Gasteiger partial charge in [0.15, 0.2) is 0 Å². The van der Waals surface area contributed by atoms with Gasteiger partial charge in [0, 0.05) is 24.8 Å². The lowest BCUT2D eigenvalue weighted by atomic mass is 10.0. The van der Waals surface area contributed by atoms with E-state index >= 15 is 0 Å². The Morgan fingerprint density at radius 3 is 2.15 bits per heavy atom. The van der Waals surface area contributed by atoms with Gasteiger partial charge in [0.2, 0.25) is 11.9 Å². The summed E-state index contributed by atoms with van der Waals surface area (Å²) < 4.78 is 31.7. The SMILES string of the molecule is Cc1ccc(CNC(=O)[C@H](CC(C)C)Nc2cc(C)nc(NCc3ccccc3C)n2)cc1.O=C(O)C(F)(F)F. The maximum absolute atomic E-state index is 13.0. The van der Waals surface area contributed by atoms with E-state index in [1.54, 1.807) is 0 Å². The fourth-order valence-electron chi connectivity index (χ4n) is 3.60. The van der Waals surface area contributed by atoms with Gasteiger partial charge in [0.1, 0.15) is 11.9 Å². The summed E-state index contributed by atoms with van der Waals surface area (Å²) in [4.78, 5) is 31.0. The van der Waals surface area contributed by atoms with Crippen molar-refractivity contribution in [3.05, 3.63) is 82.5 Å². The van der Waals surface area contributed by atoms with Crippen LogP contribution >= 0.6 is 0 Å². The fraction of sp³-hybridized carbons (Fsp3) is 0.379. The molecule has 0 spiro atoms. The highest BCUT2D eigenvalue weighted by atomic mass is 19.4. The third-order valence-corrected chi connectivity index (χ3v) is 5.73. The van der Waals surface area contributed by atoms with Crippen LogP contribution in [0, 0.1) is 26.7 Å². The predicted octanol–water partition coefficient (Wildman–Crippen LogP) is 5.79. The summed E-state index contributed by atoms with van der Waals surface area (Å²) in [7, 11) is 0. The van der Waals surface area contributed by atoms with Crippen molar-refractivity contribution in [1.29, 1.82) is 0 Å². The number of benzene rings is 2. The molecule has 0 radical (unpaired) electrons. The zero-order valence-corrected chi connectivity index (χ0v) is 23.3. The second-order valence-electron chi connectivity index (χ2n) is 9.83. The molecule has 0 saturated carbocycles. The predicted molar refractivity (Wildman–Crippen MR) is 149 cm³/mol. The molecule has 3 aromatic rings. The third kappa shape index (κ3) is 11.3. The first-order valence-corrected chi connectivity index (χ1v) is 12.8. The quantitative estimate of drug-likeness (QED) is 0.248. The number of nitrogens with one attached hydrogen (secondary N) is 3. The minimum absolute atomic E-state index is 0.0324. The number of hydrogen-bond acceptors (Lipinski definition) is 6. The minimum atomic E-state index is -5.08. The molecule has 2 aromatic carbocycles. The first-order valence-electron chi connectivity index (χ1n) is 12.8. The Morgan fingerprint density at radius 2 is 1.57 bits per heavy atom. The van der Waals surface area contributed by atoms with Crippen LogP contribution in [0.5, 0.6) is 0 Å². The standard InChI is InChI=1S/C27H35N5O.C2HF3O2/c1-18(2)14-24(26(33)28-16-22-12-10-19(3)11-13-22)31-25-15-21(5)30-27(32-25)29-17-23-9-7-6-8-20(23)4;3-2(4,5)1(6)7/h6-13,15,18,24H,14,16-17H2,1-5H3,(H,28,33)(H2,29,30,31,32);(H,6,7)/t24-;/m0./s1. The van der Waals surface area contributed by atoms with E-state index in [0.717, 1.165) is 11.3 Å². The summed E-state index contributed by atoms with van der Waals surface area (Å²) in [6, 6.07) is 17.9. The highest BCUT2D eigenvalue weighted by Gasteiger charge is 2.38. The lowest BCUT2D eigenvalue weighted by molar-refractivity contribution is -0.192. The number of anilines is 2. The van der Waals surface area contributed by atoms with Crippen molar-refractivity contribution in [3.8, 4) is 0 Å². The molecule has 1 atom stereocenters. The van der Waals surface area contributed by atoms with Crippen LogP contribution in [-0.2, 0) is 22.7 Å². The van der Waals surface area contributed by atoms with Gasteiger partial charge < -0.3 is 21.1 Å². The molecular formula is C29H36F3N5O3. The lowest BCUT2D eigenvalue weighted by Gasteiger charge is -2.21. The van der Waals surface area contributed by atoms with Gasteiger partial charge in [-0.05, 0) is 49.8 Å². The number of nitrogens with zero attached hydrogens (tertiary/aromatic N) is 2. The number of carbonyl (C=O) groups is 2. The molecular weight excluding hydrogens is 523 g/mol. The van der Waals surface area contributed by atoms with Gasteiger partial charge in [-0.3, -0.25) is 4.79 Å². The Balaban J connectivity index is 0.000000708. The number of alkyl halides is 3. The number of aliphatic carboxylic acids is 1. The van der Waals surface area contributed by atoms with E-state index in [-0.39, 0.29) is 11.9 Å². The van der Waals surface area contributed by atoms with Gasteiger partial charge >= 0.3 is 12.1 Å². The Labute approximate surface area is 232 Å². The molecule has 1 aromatic heterocycles. The first-order chi connectivity index (χ1) is 18.7. The number of rotatable bonds is 10. The van der Waals surface area contributed by atoms with Crippen LogP contribution in [0.25, 0.3) is 0 Å². The van der Waals surface area contributed by atoms with Crippen LogP contribution in [0.3, 0.4) is 0 Å². The molecule has 40 heavy (non-hydrogen) atoms. The van der Waals surface area contributed by atoms with Gasteiger partial charge in [-0.1, -0.05) is 67.9 Å². The zero-order valence-electron chi connectivity index (χ0n) is 23.3. The molecule has 216 valence electrons. The Bertz CT molecular complexity index is 1260. The number of aromatic nitrogens is 2. The number of hydrogen-bond donors (Lipinski definition) is 4. The Morgan fingerprint density at radius 1 is 0.950 bits per heavy atom. The maximum atomic E-state index is 13.0. The molecule has 0 bridgehead atoms. The maximum Gasteiger partial charge on any atom is 0.490 e. The second-order valence-corrected chi connectivity index (χ2v) is 9.83. The number of amides is 1. The smallest absolute Gasteiger partial charge is 0.475 e. The Kier molecular flexibility index (Phi) is 11.9. The van der Waals surface area contributed by atoms with Crippen LogP contribution in [0.15, 0.2) is 54.6 Å². The number of carboxylic acids is 1.